The molecule has 0 bridgehead atoms. The number of carboxylic acid groups (broad SMARTS) is 1. The van der Waals surface area contributed by atoms with Crippen molar-refractivity contribution in [2.45, 2.75) is 43.6 Å². The van der Waals surface area contributed by atoms with Crippen LogP contribution >= 0.6 is 11.6 Å². The fourth-order valence-electron chi connectivity index (χ4n) is 3.85. The zero-order chi connectivity index (χ0) is 22.9. The highest BCUT2D eigenvalue weighted by Gasteiger charge is 2.51. The molecule has 2 aromatic rings. The van der Waals surface area contributed by atoms with Crippen LogP contribution in [0.2, 0.25) is 5.02 Å². The molecular weight excluding hydrogens is 433 g/mol. The van der Waals surface area contributed by atoms with Gasteiger partial charge < -0.3 is 21.1 Å². The minimum Gasteiger partial charge on any atom is -0.478 e. The lowest BCUT2D eigenvalue weighted by Gasteiger charge is -2.26. The van der Waals surface area contributed by atoms with E-state index in [4.69, 9.17) is 17.0 Å². The lowest BCUT2D eigenvalue weighted by molar-refractivity contribution is -0.118. The highest BCUT2D eigenvalue weighted by molar-refractivity contribution is 6.30. The average molecular weight is 456 g/mol. The van der Waals surface area contributed by atoms with Crippen LogP contribution in [0.15, 0.2) is 42.6 Å². The Balaban J connectivity index is 1.57. The number of amides is 1. The van der Waals surface area contributed by atoms with Gasteiger partial charge in [-0.15, -0.1) is 0 Å². The quantitative estimate of drug-likeness (QED) is 0.421. The maximum atomic E-state index is 13.9. The van der Waals surface area contributed by atoms with E-state index in [1.807, 2.05) is 0 Å². The number of allylic oxidation sites excluding steroid dienone is 1. The molecule has 2 aliphatic carbocycles. The molecule has 4 rings (SSSR count). The number of anilines is 1. The van der Waals surface area contributed by atoms with Gasteiger partial charge in [0.2, 0.25) is 5.91 Å². The Bertz CT molecular complexity index is 1120. The van der Waals surface area contributed by atoms with E-state index in [2.05, 4.69) is 10.6 Å². The zero-order valence-electron chi connectivity index (χ0n) is 17.3. The second kappa shape index (κ2) is 8.74. The molecule has 2 fully saturated rings. The van der Waals surface area contributed by atoms with Gasteiger partial charge in [-0.3, -0.25) is 4.79 Å². The van der Waals surface area contributed by atoms with E-state index < -0.39 is 17.2 Å². The van der Waals surface area contributed by atoms with E-state index in [1.165, 1.54) is 18.2 Å². The predicted molar refractivity (Wildman–Crippen MR) is 122 cm³/mol. The maximum absolute atomic E-state index is 13.9. The molecule has 0 aromatic heterocycles. The molecule has 2 aromatic carbocycles. The van der Waals surface area contributed by atoms with Crippen LogP contribution in [0, 0.1) is 11.2 Å². The van der Waals surface area contributed by atoms with Gasteiger partial charge in [0.1, 0.15) is 5.82 Å². The molecule has 166 valence electrons. The number of aromatic carboxylic acids is 1. The first kappa shape index (κ1) is 22.0. The van der Waals surface area contributed by atoms with Gasteiger partial charge in [0.15, 0.2) is 0 Å². The van der Waals surface area contributed by atoms with Gasteiger partial charge in [-0.25, -0.2) is 9.18 Å². The maximum Gasteiger partial charge on any atom is 0.336 e. The van der Waals surface area contributed by atoms with Gasteiger partial charge in [-0.2, -0.15) is 0 Å². The first-order valence-corrected chi connectivity index (χ1v) is 10.8. The van der Waals surface area contributed by atoms with Gasteiger partial charge in [0, 0.05) is 29.7 Å². The summed E-state index contributed by atoms with van der Waals surface area (Å²) in [5.74, 6) is -2.06. The van der Waals surface area contributed by atoms with Crippen LogP contribution in [-0.4, -0.2) is 29.2 Å². The minimum atomic E-state index is -1.16. The van der Waals surface area contributed by atoms with Gasteiger partial charge in [0.05, 0.1) is 16.0 Å². The first-order chi connectivity index (χ1) is 15.3. The summed E-state index contributed by atoms with van der Waals surface area (Å²) < 4.78 is 13.9. The van der Waals surface area contributed by atoms with Crippen molar-refractivity contribution in [3.63, 3.8) is 0 Å². The minimum absolute atomic E-state index is 0.00602. The van der Waals surface area contributed by atoms with Crippen LogP contribution < -0.4 is 10.6 Å². The second-order valence-corrected chi connectivity index (χ2v) is 8.68. The third-order valence-electron chi connectivity index (χ3n) is 6.21. The summed E-state index contributed by atoms with van der Waals surface area (Å²) in [5, 5.41) is 23.4. The molecule has 0 atom stereocenters. The van der Waals surface area contributed by atoms with Crippen molar-refractivity contribution in [1.82, 2.24) is 5.32 Å². The van der Waals surface area contributed by atoms with Crippen molar-refractivity contribution in [3.05, 3.63) is 70.1 Å². The van der Waals surface area contributed by atoms with E-state index in [0.29, 0.717) is 41.3 Å². The van der Waals surface area contributed by atoms with E-state index in [-0.39, 0.29) is 16.5 Å². The van der Waals surface area contributed by atoms with Crippen molar-refractivity contribution >= 4 is 41.0 Å². The lowest BCUT2D eigenvalue weighted by Crippen LogP contribution is -2.31. The molecule has 2 saturated carbocycles. The standard InChI is InChI=1S/C24H23ClFN3O3/c25-20-7-4-15(10-21(20)26)24(8-9-24)23(32)29-17-5-6-18(19(11-17)22(30)31)14(12-27)13-28-16-2-1-3-16/h4-7,10-13,16,27-28H,1-3,8-9H2,(H,29,32)(H,30,31)/b14-13+,27-12?. The summed E-state index contributed by atoms with van der Waals surface area (Å²) in [6.07, 6.45) is 7.18. The van der Waals surface area contributed by atoms with Crippen molar-refractivity contribution in [2.24, 2.45) is 0 Å². The number of carboxylic acids is 1. The van der Waals surface area contributed by atoms with E-state index >= 15 is 0 Å². The summed E-state index contributed by atoms with van der Waals surface area (Å²) in [7, 11) is 0. The molecule has 0 unspecified atom stereocenters. The number of hydrogen-bond acceptors (Lipinski definition) is 4. The number of rotatable bonds is 8. The number of benzene rings is 2. The molecule has 0 heterocycles. The molecule has 4 N–H and O–H groups in total. The smallest absolute Gasteiger partial charge is 0.336 e. The molecule has 6 nitrogen and oxygen atoms in total. The Labute approximate surface area is 190 Å². The van der Waals surface area contributed by atoms with E-state index in [9.17, 15) is 19.1 Å². The molecule has 0 radical (unpaired) electrons. The van der Waals surface area contributed by atoms with Gasteiger partial charge >= 0.3 is 5.97 Å². The van der Waals surface area contributed by atoms with Gasteiger partial charge in [-0.05, 0) is 67.5 Å². The van der Waals surface area contributed by atoms with Crippen LogP contribution in [0.4, 0.5) is 10.1 Å². The van der Waals surface area contributed by atoms with E-state index in [0.717, 1.165) is 25.5 Å². The van der Waals surface area contributed by atoms with Crippen LogP contribution in [0.3, 0.4) is 0 Å². The zero-order valence-corrected chi connectivity index (χ0v) is 18.0. The van der Waals surface area contributed by atoms with Crippen molar-refractivity contribution in [1.29, 1.82) is 5.41 Å². The molecule has 8 heteroatoms. The van der Waals surface area contributed by atoms with Crippen LogP contribution in [-0.2, 0) is 10.2 Å². The molecule has 1 amide bonds. The summed E-state index contributed by atoms with van der Waals surface area (Å²) in [4.78, 5) is 24.9. The highest BCUT2D eigenvalue weighted by Crippen LogP contribution is 2.49. The van der Waals surface area contributed by atoms with Crippen LogP contribution in [0.25, 0.3) is 5.57 Å². The molecule has 0 aliphatic heterocycles. The fraction of sp³-hybridized carbons (Fsp3) is 0.292. The van der Waals surface area contributed by atoms with Crippen LogP contribution in [0.5, 0.6) is 0 Å². The van der Waals surface area contributed by atoms with E-state index in [1.54, 1.807) is 24.4 Å². The lowest BCUT2D eigenvalue weighted by atomic mass is 9.93. The second-order valence-electron chi connectivity index (χ2n) is 8.27. The molecule has 2 aliphatic rings. The number of halogens is 2. The third-order valence-corrected chi connectivity index (χ3v) is 6.52. The molecule has 32 heavy (non-hydrogen) atoms. The Kier molecular flexibility index (Phi) is 6.02. The Morgan fingerprint density at radius 2 is 1.91 bits per heavy atom. The summed E-state index contributed by atoms with van der Waals surface area (Å²) in [6, 6.07) is 9.27. The SMILES string of the molecule is N=C/C(=C\NC1CCC1)c1ccc(NC(=O)C2(c3ccc(Cl)c(F)c3)CC2)cc1C(=O)O. The number of carbonyl (C=O) groups excluding carboxylic acids is 1. The molecular formula is C24H23ClFN3O3. The van der Waals surface area contributed by atoms with Gasteiger partial charge in [-0.1, -0.05) is 23.7 Å². The molecule has 0 saturated heterocycles. The molecule has 0 spiro atoms. The predicted octanol–water partition coefficient (Wildman–Crippen LogP) is 4.98. The Morgan fingerprint density at radius 3 is 2.47 bits per heavy atom. The number of hydrogen-bond donors (Lipinski definition) is 4. The fourth-order valence-corrected chi connectivity index (χ4v) is 3.96. The third kappa shape index (κ3) is 4.25. The number of nitrogens with one attached hydrogen (secondary N) is 3. The van der Waals surface area contributed by atoms with Crippen molar-refractivity contribution < 1.29 is 19.1 Å². The normalized spacial score (nSPS) is 17.2. The van der Waals surface area contributed by atoms with Crippen molar-refractivity contribution in [2.75, 3.05) is 5.32 Å². The van der Waals surface area contributed by atoms with Gasteiger partial charge in [0.25, 0.3) is 0 Å². The average Bonchev–Trinajstić information content (AvgIpc) is 3.54. The topological polar surface area (TPSA) is 102 Å². The highest BCUT2D eigenvalue weighted by atomic mass is 35.5. The van der Waals surface area contributed by atoms with Crippen LogP contribution in [0.1, 0.15) is 53.6 Å². The Hall–Kier alpha value is -3.19. The Morgan fingerprint density at radius 1 is 1.16 bits per heavy atom. The summed E-state index contributed by atoms with van der Waals surface area (Å²) >= 11 is 5.75. The summed E-state index contributed by atoms with van der Waals surface area (Å²) in [5.41, 5.74) is 0.840. The summed E-state index contributed by atoms with van der Waals surface area (Å²) in [6.45, 7) is 0. The first-order valence-electron chi connectivity index (χ1n) is 10.5. The largest absolute Gasteiger partial charge is 0.478 e. The van der Waals surface area contributed by atoms with Crippen molar-refractivity contribution in [3.8, 4) is 0 Å². The number of carbonyl (C=O) groups is 2. The monoisotopic (exact) mass is 455 g/mol.